The lowest BCUT2D eigenvalue weighted by atomic mass is 10.2. The van der Waals surface area contributed by atoms with Crippen LogP contribution in [-0.4, -0.2) is 64.3 Å². The molecule has 0 N–H and O–H groups in total. The molecule has 2 aliphatic rings. The predicted octanol–water partition coefficient (Wildman–Crippen LogP) is 2.24. The lowest BCUT2D eigenvalue weighted by molar-refractivity contribution is 0.0208. The van der Waals surface area contributed by atoms with Crippen LogP contribution in [0.3, 0.4) is 0 Å². The molecule has 3 heterocycles. The lowest BCUT2D eigenvalue weighted by Crippen LogP contribution is -2.56. The number of fused-ring (bicyclic) bond motifs is 2. The largest absolute Gasteiger partial charge is 0.462 e. The Hall–Kier alpha value is -2.38. The Labute approximate surface area is 153 Å². The van der Waals surface area contributed by atoms with E-state index in [9.17, 15) is 9.59 Å². The summed E-state index contributed by atoms with van der Waals surface area (Å²) < 4.78 is 10.5. The van der Waals surface area contributed by atoms with Crippen LogP contribution in [0, 0.1) is 0 Å². The standard InChI is InChI=1S/C18H26N4O4/c1-5-25-15(23)12-8-19-16(20-9-12)22-13-6-7-14(22)11-21(10-13)17(24)26-18(2,3)4/h8-9,13-14H,5-7,10-11H2,1-4H3. The average Bonchev–Trinajstić information content (AvgIpc) is 2.83. The minimum atomic E-state index is -0.501. The number of aromatic nitrogens is 2. The average molecular weight is 362 g/mol. The maximum absolute atomic E-state index is 12.4. The smallest absolute Gasteiger partial charge is 0.410 e. The first-order valence-electron chi connectivity index (χ1n) is 9.04. The number of hydrogen-bond acceptors (Lipinski definition) is 7. The molecule has 0 aliphatic carbocycles. The second-order valence-corrected chi connectivity index (χ2v) is 7.67. The van der Waals surface area contributed by atoms with E-state index in [0.717, 1.165) is 12.8 Å². The van der Waals surface area contributed by atoms with Crippen LogP contribution in [0.5, 0.6) is 0 Å². The molecule has 2 atom stereocenters. The Morgan fingerprint density at radius 1 is 1.15 bits per heavy atom. The monoisotopic (exact) mass is 362 g/mol. The van der Waals surface area contributed by atoms with Crippen LogP contribution in [-0.2, 0) is 9.47 Å². The number of carbonyl (C=O) groups is 2. The number of nitrogens with zero attached hydrogens (tertiary/aromatic N) is 4. The molecule has 2 saturated heterocycles. The molecule has 0 spiro atoms. The van der Waals surface area contributed by atoms with Crippen molar-refractivity contribution in [3.63, 3.8) is 0 Å². The van der Waals surface area contributed by atoms with Crippen LogP contribution in [0.4, 0.5) is 10.7 Å². The first kappa shape index (κ1) is 18.4. The van der Waals surface area contributed by atoms with E-state index in [-0.39, 0.29) is 18.2 Å². The van der Waals surface area contributed by atoms with Crippen molar-refractivity contribution in [3.05, 3.63) is 18.0 Å². The number of esters is 1. The molecular weight excluding hydrogens is 336 g/mol. The molecule has 1 aromatic heterocycles. The number of ether oxygens (including phenoxy) is 2. The molecule has 8 heteroatoms. The van der Waals surface area contributed by atoms with E-state index in [0.29, 0.717) is 31.2 Å². The fourth-order valence-electron chi connectivity index (χ4n) is 3.48. The van der Waals surface area contributed by atoms with Gasteiger partial charge in [0.2, 0.25) is 5.95 Å². The number of amides is 1. The van der Waals surface area contributed by atoms with Crippen molar-refractivity contribution in [1.82, 2.24) is 14.9 Å². The highest BCUT2D eigenvalue weighted by Crippen LogP contribution is 2.33. The summed E-state index contributed by atoms with van der Waals surface area (Å²) in [6.07, 6.45) is 4.69. The molecule has 2 aliphatic heterocycles. The van der Waals surface area contributed by atoms with Crippen molar-refractivity contribution in [3.8, 4) is 0 Å². The second-order valence-electron chi connectivity index (χ2n) is 7.67. The highest BCUT2D eigenvalue weighted by molar-refractivity contribution is 5.88. The van der Waals surface area contributed by atoms with Gasteiger partial charge >= 0.3 is 12.1 Å². The van der Waals surface area contributed by atoms with Crippen LogP contribution < -0.4 is 4.90 Å². The van der Waals surface area contributed by atoms with E-state index in [2.05, 4.69) is 14.9 Å². The molecule has 0 radical (unpaired) electrons. The van der Waals surface area contributed by atoms with Crippen molar-refractivity contribution in [2.24, 2.45) is 0 Å². The van der Waals surface area contributed by atoms with Gasteiger partial charge < -0.3 is 19.3 Å². The van der Waals surface area contributed by atoms with Crippen LogP contribution in [0.25, 0.3) is 0 Å². The number of likely N-dealkylation sites (tertiary alicyclic amines) is 1. The number of carbonyl (C=O) groups excluding carboxylic acids is 2. The molecule has 26 heavy (non-hydrogen) atoms. The van der Waals surface area contributed by atoms with E-state index in [1.54, 1.807) is 11.8 Å². The van der Waals surface area contributed by atoms with Gasteiger partial charge in [-0.3, -0.25) is 0 Å². The van der Waals surface area contributed by atoms with Crippen LogP contribution >= 0.6 is 0 Å². The normalized spacial score (nSPS) is 22.3. The maximum atomic E-state index is 12.4. The summed E-state index contributed by atoms with van der Waals surface area (Å²) in [6.45, 7) is 8.87. The Morgan fingerprint density at radius 2 is 1.73 bits per heavy atom. The Bertz CT molecular complexity index is 657. The van der Waals surface area contributed by atoms with Crippen molar-refractivity contribution < 1.29 is 19.1 Å². The van der Waals surface area contributed by atoms with Gasteiger partial charge in [0.15, 0.2) is 0 Å². The summed E-state index contributed by atoms with van der Waals surface area (Å²) in [6, 6.07) is 0.324. The van der Waals surface area contributed by atoms with E-state index in [1.807, 2.05) is 20.8 Å². The fourth-order valence-corrected chi connectivity index (χ4v) is 3.48. The summed E-state index contributed by atoms with van der Waals surface area (Å²) in [5, 5.41) is 0. The second kappa shape index (κ2) is 7.09. The van der Waals surface area contributed by atoms with E-state index in [4.69, 9.17) is 9.47 Å². The molecule has 142 valence electrons. The zero-order valence-electron chi connectivity index (χ0n) is 15.8. The minimum Gasteiger partial charge on any atom is -0.462 e. The Balaban J connectivity index is 1.68. The van der Waals surface area contributed by atoms with Crippen molar-refractivity contribution in [2.75, 3.05) is 24.6 Å². The molecule has 1 aromatic rings. The van der Waals surface area contributed by atoms with E-state index < -0.39 is 11.6 Å². The number of piperazine rings is 1. The van der Waals surface area contributed by atoms with E-state index in [1.165, 1.54) is 12.4 Å². The molecule has 0 saturated carbocycles. The molecule has 2 bridgehead atoms. The number of anilines is 1. The van der Waals surface area contributed by atoms with Gasteiger partial charge in [-0.15, -0.1) is 0 Å². The SMILES string of the molecule is CCOC(=O)c1cnc(N2C3CCC2CN(C(=O)OC(C)(C)C)C3)nc1. The van der Waals surface area contributed by atoms with Gasteiger partial charge in [-0.05, 0) is 40.5 Å². The van der Waals surface area contributed by atoms with Gasteiger partial charge in [0.05, 0.1) is 24.3 Å². The summed E-state index contributed by atoms with van der Waals surface area (Å²) in [7, 11) is 0. The number of rotatable bonds is 3. The molecular formula is C18H26N4O4. The zero-order chi connectivity index (χ0) is 18.9. The first-order valence-corrected chi connectivity index (χ1v) is 9.04. The molecule has 2 unspecified atom stereocenters. The zero-order valence-corrected chi connectivity index (χ0v) is 15.8. The third-order valence-electron chi connectivity index (χ3n) is 4.51. The third kappa shape index (κ3) is 3.89. The van der Waals surface area contributed by atoms with Crippen molar-refractivity contribution in [2.45, 2.75) is 58.2 Å². The van der Waals surface area contributed by atoms with Gasteiger partial charge in [0, 0.05) is 25.5 Å². The van der Waals surface area contributed by atoms with Crippen molar-refractivity contribution in [1.29, 1.82) is 0 Å². The van der Waals surface area contributed by atoms with Crippen LogP contribution in [0.1, 0.15) is 50.9 Å². The van der Waals surface area contributed by atoms with Crippen LogP contribution in [0.2, 0.25) is 0 Å². The fraction of sp³-hybridized carbons (Fsp3) is 0.667. The summed E-state index contributed by atoms with van der Waals surface area (Å²) in [5.74, 6) is 0.172. The maximum Gasteiger partial charge on any atom is 0.410 e. The molecule has 1 amide bonds. The summed E-state index contributed by atoms with van der Waals surface area (Å²) in [5.41, 5.74) is -0.158. The minimum absolute atomic E-state index is 0.162. The number of hydrogen-bond donors (Lipinski definition) is 0. The molecule has 8 nitrogen and oxygen atoms in total. The first-order chi connectivity index (χ1) is 12.3. The third-order valence-corrected chi connectivity index (χ3v) is 4.51. The van der Waals surface area contributed by atoms with Gasteiger partial charge in [0.1, 0.15) is 5.60 Å². The highest BCUT2D eigenvalue weighted by Gasteiger charge is 2.43. The molecule has 3 rings (SSSR count). The Kier molecular flexibility index (Phi) is 5.02. The topological polar surface area (TPSA) is 84.9 Å². The predicted molar refractivity (Wildman–Crippen MR) is 95.1 cm³/mol. The van der Waals surface area contributed by atoms with Gasteiger partial charge in [-0.25, -0.2) is 19.6 Å². The van der Waals surface area contributed by atoms with Gasteiger partial charge in [-0.1, -0.05) is 0 Å². The van der Waals surface area contributed by atoms with Gasteiger partial charge in [-0.2, -0.15) is 0 Å². The molecule has 0 aromatic carbocycles. The Morgan fingerprint density at radius 3 is 2.23 bits per heavy atom. The summed E-state index contributed by atoms with van der Waals surface area (Å²) >= 11 is 0. The summed E-state index contributed by atoms with van der Waals surface area (Å²) in [4.78, 5) is 36.7. The van der Waals surface area contributed by atoms with Gasteiger partial charge in [0.25, 0.3) is 0 Å². The van der Waals surface area contributed by atoms with E-state index >= 15 is 0 Å². The quantitative estimate of drug-likeness (QED) is 0.762. The molecule has 2 fully saturated rings. The highest BCUT2D eigenvalue weighted by atomic mass is 16.6. The lowest BCUT2D eigenvalue weighted by Gasteiger charge is -2.41. The van der Waals surface area contributed by atoms with Crippen LogP contribution in [0.15, 0.2) is 12.4 Å². The van der Waals surface area contributed by atoms with Crippen molar-refractivity contribution >= 4 is 18.0 Å².